The summed E-state index contributed by atoms with van der Waals surface area (Å²) in [6.45, 7) is 1.32. The monoisotopic (exact) mass is 502 g/mol. The Morgan fingerprint density at radius 1 is 1.19 bits per heavy atom. The summed E-state index contributed by atoms with van der Waals surface area (Å²) in [6.07, 6.45) is -0.313. The lowest BCUT2D eigenvalue weighted by Gasteiger charge is -2.50. The van der Waals surface area contributed by atoms with E-state index in [0.717, 1.165) is 23.9 Å². The summed E-state index contributed by atoms with van der Waals surface area (Å²) < 4.78 is 67.8. The highest BCUT2D eigenvalue weighted by Crippen LogP contribution is 2.56. The Bertz CT molecular complexity index is 1140. The van der Waals surface area contributed by atoms with Crippen molar-refractivity contribution in [3.63, 3.8) is 0 Å². The highest BCUT2D eigenvalue weighted by Gasteiger charge is 2.61. The van der Waals surface area contributed by atoms with E-state index in [1.165, 1.54) is 31.2 Å². The molecule has 0 aromatic heterocycles. The number of hydrogen-bond donors (Lipinski definition) is 0. The molecule has 172 valence electrons. The van der Waals surface area contributed by atoms with Crippen molar-refractivity contribution in [1.82, 2.24) is 0 Å². The molecule has 5 nitrogen and oxygen atoms in total. The van der Waals surface area contributed by atoms with Crippen LogP contribution in [-0.2, 0) is 24.1 Å². The first-order chi connectivity index (χ1) is 15.2. The van der Waals surface area contributed by atoms with E-state index in [0.29, 0.717) is 17.2 Å². The second-order valence-corrected chi connectivity index (χ2v) is 11.7. The molecular weight excluding hydrogens is 482 g/mol. The largest absolute Gasteiger partial charge is 0.490 e. The molecule has 2 heterocycles. The molecule has 3 atom stereocenters. The van der Waals surface area contributed by atoms with Crippen LogP contribution in [0.15, 0.2) is 41.3 Å². The van der Waals surface area contributed by atoms with Gasteiger partial charge in [0.15, 0.2) is 26.5 Å². The zero-order chi connectivity index (χ0) is 23.1. The van der Waals surface area contributed by atoms with Crippen LogP contribution in [0.3, 0.4) is 0 Å². The van der Waals surface area contributed by atoms with Gasteiger partial charge >= 0.3 is 0 Å². The number of carbonyl (C=O) groups is 1. The van der Waals surface area contributed by atoms with Crippen molar-refractivity contribution in [2.24, 2.45) is 5.92 Å². The molecule has 0 bridgehead atoms. The molecule has 32 heavy (non-hydrogen) atoms. The van der Waals surface area contributed by atoms with E-state index >= 15 is 4.39 Å². The highest BCUT2D eigenvalue weighted by molar-refractivity contribution is 8.13. The lowest BCUT2D eigenvalue weighted by molar-refractivity contribution is -0.109. The third kappa shape index (κ3) is 3.83. The molecule has 0 amide bonds. The maximum Gasteiger partial charge on any atom is 0.189 e. The van der Waals surface area contributed by atoms with Crippen LogP contribution in [0.4, 0.5) is 8.78 Å². The van der Waals surface area contributed by atoms with Crippen LogP contribution in [0.1, 0.15) is 25.3 Å². The number of sulfone groups is 1. The summed E-state index contributed by atoms with van der Waals surface area (Å²) >= 11 is 7.04. The SMILES string of the molecule is CC(=O)SCC[C@@H]1OCC[C@@]2(S(=O)(=O)c3ccc(Cl)cc3)c3c(F)ccc(F)c3OC[C@@H]12. The number of rotatable bonds is 5. The van der Waals surface area contributed by atoms with Gasteiger partial charge in [-0.3, -0.25) is 4.79 Å². The molecule has 2 aliphatic rings. The average molecular weight is 503 g/mol. The molecule has 0 N–H and O–H groups in total. The first-order valence-corrected chi connectivity index (χ1v) is 12.9. The van der Waals surface area contributed by atoms with E-state index in [1.54, 1.807) is 0 Å². The Morgan fingerprint density at radius 2 is 1.88 bits per heavy atom. The van der Waals surface area contributed by atoms with Crippen molar-refractivity contribution in [2.45, 2.75) is 35.5 Å². The van der Waals surface area contributed by atoms with E-state index < -0.39 is 38.2 Å². The topological polar surface area (TPSA) is 69.7 Å². The zero-order valence-corrected chi connectivity index (χ0v) is 19.5. The molecule has 1 fully saturated rings. The van der Waals surface area contributed by atoms with Crippen molar-refractivity contribution < 1.29 is 31.5 Å². The van der Waals surface area contributed by atoms with E-state index in [4.69, 9.17) is 21.1 Å². The summed E-state index contributed by atoms with van der Waals surface area (Å²) in [6, 6.07) is 7.48. The minimum absolute atomic E-state index is 0.0358. The van der Waals surface area contributed by atoms with E-state index in [9.17, 15) is 17.6 Å². The Balaban J connectivity index is 1.90. The van der Waals surface area contributed by atoms with Gasteiger partial charge in [-0.05, 0) is 49.2 Å². The molecule has 2 aromatic rings. The van der Waals surface area contributed by atoms with Crippen molar-refractivity contribution in [2.75, 3.05) is 19.0 Å². The molecule has 2 aromatic carbocycles. The highest BCUT2D eigenvalue weighted by atomic mass is 35.5. The summed E-state index contributed by atoms with van der Waals surface area (Å²) in [5.74, 6) is -2.43. The van der Waals surface area contributed by atoms with Gasteiger partial charge in [0, 0.05) is 30.2 Å². The minimum Gasteiger partial charge on any atom is -0.490 e. The predicted molar refractivity (Wildman–Crippen MR) is 118 cm³/mol. The van der Waals surface area contributed by atoms with Crippen molar-refractivity contribution in [3.05, 3.63) is 58.6 Å². The third-order valence-electron chi connectivity index (χ3n) is 6.05. The molecule has 0 spiro atoms. The van der Waals surface area contributed by atoms with E-state index in [2.05, 4.69) is 0 Å². The summed E-state index contributed by atoms with van der Waals surface area (Å²) in [4.78, 5) is 11.3. The third-order valence-corrected chi connectivity index (χ3v) is 9.71. The lowest BCUT2D eigenvalue weighted by atomic mass is 9.75. The normalized spacial score (nSPS) is 24.9. The maximum absolute atomic E-state index is 15.2. The summed E-state index contributed by atoms with van der Waals surface area (Å²) in [5, 5.41) is 0.285. The Hall–Kier alpha value is -1.68. The Morgan fingerprint density at radius 3 is 2.56 bits per heavy atom. The quantitative estimate of drug-likeness (QED) is 0.587. The smallest absolute Gasteiger partial charge is 0.189 e. The number of carbonyl (C=O) groups excluding carboxylic acids is 1. The van der Waals surface area contributed by atoms with Crippen LogP contribution < -0.4 is 4.74 Å². The molecule has 4 rings (SSSR count). The summed E-state index contributed by atoms with van der Waals surface area (Å²) in [5.41, 5.74) is -0.295. The fraction of sp³-hybridized carbons (Fsp3) is 0.409. The van der Waals surface area contributed by atoms with E-state index in [1.807, 2.05) is 0 Å². The zero-order valence-electron chi connectivity index (χ0n) is 17.1. The van der Waals surface area contributed by atoms with Gasteiger partial charge < -0.3 is 9.47 Å². The van der Waals surface area contributed by atoms with Gasteiger partial charge in [-0.25, -0.2) is 17.2 Å². The fourth-order valence-corrected chi connectivity index (χ4v) is 7.76. The molecule has 0 unspecified atom stereocenters. The first kappa shape index (κ1) is 23.5. The molecule has 0 saturated carbocycles. The second kappa shape index (κ2) is 8.93. The van der Waals surface area contributed by atoms with Gasteiger partial charge in [0.05, 0.1) is 23.2 Å². The van der Waals surface area contributed by atoms with Gasteiger partial charge in [-0.1, -0.05) is 23.4 Å². The van der Waals surface area contributed by atoms with Crippen LogP contribution in [0, 0.1) is 17.6 Å². The fourth-order valence-electron chi connectivity index (χ4n) is 4.65. The Kier molecular flexibility index (Phi) is 6.55. The van der Waals surface area contributed by atoms with Gasteiger partial charge in [-0.15, -0.1) is 0 Å². The van der Waals surface area contributed by atoms with Crippen LogP contribution in [0.5, 0.6) is 5.75 Å². The molecule has 0 radical (unpaired) electrons. The van der Waals surface area contributed by atoms with Crippen molar-refractivity contribution in [3.8, 4) is 5.75 Å². The van der Waals surface area contributed by atoms with Crippen LogP contribution in [-0.4, -0.2) is 38.6 Å². The predicted octanol–water partition coefficient (Wildman–Crippen LogP) is 4.75. The lowest BCUT2D eigenvalue weighted by Crippen LogP contribution is -2.57. The van der Waals surface area contributed by atoms with Gasteiger partial charge in [0.25, 0.3) is 0 Å². The second-order valence-electron chi connectivity index (χ2n) is 7.79. The van der Waals surface area contributed by atoms with Gasteiger partial charge in [-0.2, -0.15) is 0 Å². The number of halogens is 3. The maximum atomic E-state index is 15.2. The van der Waals surface area contributed by atoms with Crippen LogP contribution in [0.2, 0.25) is 5.02 Å². The number of ether oxygens (including phenoxy) is 2. The first-order valence-electron chi connectivity index (χ1n) is 10.0. The van der Waals surface area contributed by atoms with Crippen LogP contribution >= 0.6 is 23.4 Å². The molecule has 1 saturated heterocycles. The number of benzene rings is 2. The average Bonchev–Trinajstić information content (AvgIpc) is 2.75. The molecule has 10 heteroatoms. The van der Waals surface area contributed by atoms with Crippen molar-refractivity contribution in [1.29, 1.82) is 0 Å². The number of fused-ring (bicyclic) bond motifs is 3. The van der Waals surface area contributed by atoms with Gasteiger partial charge in [0.2, 0.25) is 0 Å². The number of thioether (sulfide) groups is 1. The van der Waals surface area contributed by atoms with Crippen molar-refractivity contribution >= 4 is 38.3 Å². The van der Waals surface area contributed by atoms with E-state index in [-0.39, 0.29) is 41.0 Å². The number of hydrogen-bond acceptors (Lipinski definition) is 6. The Labute approximate surface area is 194 Å². The molecular formula is C22H21ClF2O5S2. The standard InChI is InChI=1S/C22H21ClF2O5S2/c1-13(26)31-11-8-19-16-12-30-21-18(25)7-6-17(24)20(21)22(16,9-10-29-19)32(27,28)15-4-2-14(23)3-5-15/h2-7,16,19H,8-12H2,1H3/t16-,19-,22-/m0/s1. The molecule has 0 aliphatic carbocycles. The van der Waals surface area contributed by atoms with Crippen LogP contribution in [0.25, 0.3) is 0 Å². The minimum atomic E-state index is -4.23. The van der Waals surface area contributed by atoms with Gasteiger partial charge in [0.1, 0.15) is 10.6 Å². The molecule has 2 aliphatic heterocycles. The summed E-state index contributed by atoms with van der Waals surface area (Å²) in [7, 11) is -4.23.